The molecule has 0 aromatic heterocycles. The standard InChI is InChI=1S/C15H22N2O2/c1-16-9-6-12-4-2-3-5-14(12)15(18)17-13-7-10-19-11-8-13/h2-5,13,16H,6-11H2,1H3,(H,17,18). The van der Waals surface area contributed by atoms with Gasteiger partial charge in [-0.1, -0.05) is 18.2 Å². The summed E-state index contributed by atoms with van der Waals surface area (Å²) in [6.45, 7) is 2.36. The average Bonchev–Trinajstić information content (AvgIpc) is 2.46. The molecule has 1 heterocycles. The maximum Gasteiger partial charge on any atom is 0.251 e. The molecular weight excluding hydrogens is 240 g/mol. The van der Waals surface area contributed by atoms with Crippen LogP contribution in [0.25, 0.3) is 0 Å². The molecule has 2 rings (SSSR count). The maximum absolute atomic E-state index is 12.3. The van der Waals surface area contributed by atoms with Gasteiger partial charge in [-0.15, -0.1) is 0 Å². The summed E-state index contributed by atoms with van der Waals surface area (Å²) in [5.74, 6) is 0.0404. The number of nitrogens with one attached hydrogen (secondary N) is 2. The Hall–Kier alpha value is -1.39. The molecule has 0 unspecified atom stereocenters. The normalized spacial score (nSPS) is 16.3. The van der Waals surface area contributed by atoms with Gasteiger partial charge >= 0.3 is 0 Å². The number of amides is 1. The average molecular weight is 262 g/mol. The van der Waals surface area contributed by atoms with Crippen LogP contribution in [0.1, 0.15) is 28.8 Å². The van der Waals surface area contributed by atoms with E-state index in [0.29, 0.717) is 0 Å². The lowest BCUT2D eigenvalue weighted by atomic mass is 10.0. The van der Waals surface area contributed by atoms with Crippen LogP contribution in [0.4, 0.5) is 0 Å². The van der Waals surface area contributed by atoms with Crippen LogP contribution in [-0.4, -0.2) is 38.8 Å². The second kappa shape index (κ2) is 7.26. The van der Waals surface area contributed by atoms with E-state index in [0.717, 1.165) is 50.1 Å². The number of carbonyl (C=O) groups excluding carboxylic acids is 1. The number of hydrogen-bond donors (Lipinski definition) is 2. The van der Waals surface area contributed by atoms with E-state index in [4.69, 9.17) is 4.74 Å². The third kappa shape index (κ3) is 4.04. The molecule has 1 fully saturated rings. The Bertz CT molecular complexity index is 414. The summed E-state index contributed by atoms with van der Waals surface area (Å²) in [7, 11) is 1.92. The lowest BCUT2D eigenvalue weighted by Crippen LogP contribution is -2.39. The number of ether oxygens (including phenoxy) is 1. The van der Waals surface area contributed by atoms with E-state index in [2.05, 4.69) is 10.6 Å². The van der Waals surface area contributed by atoms with E-state index in [1.165, 1.54) is 0 Å². The van der Waals surface area contributed by atoms with Crippen molar-refractivity contribution in [2.75, 3.05) is 26.8 Å². The highest BCUT2D eigenvalue weighted by Gasteiger charge is 2.18. The van der Waals surface area contributed by atoms with Crippen LogP contribution in [-0.2, 0) is 11.2 Å². The van der Waals surface area contributed by atoms with Gasteiger partial charge in [-0.05, 0) is 44.5 Å². The van der Waals surface area contributed by atoms with Gasteiger partial charge in [0.1, 0.15) is 0 Å². The molecule has 19 heavy (non-hydrogen) atoms. The molecule has 0 saturated carbocycles. The van der Waals surface area contributed by atoms with Crippen molar-refractivity contribution in [3.8, 4) is 0 Å². The topological polar surface area (TPSA) is 50.4 Å². The Morgan fingerprint density at radius 2 is 2.05 bits per heavy atom. The highest BCUT2D eigenvalue weighted by atomic mass is 16.5. The lowest BCUT2D eigenvalue weighted by molar-refractivity contribution is 0.0696. The Balaban J connectivity index is 2.00. The van der Waals surface area contributed by atoms with E-state index in [1.54, 1.807) is 0 Å². The van der Waals surface area contributed by atoms with Gasteiger partial charge in [0.05, 0.1) is 0 Å². The molecule has 4 nitrogen and oxygen atoms in total. The van der Waals surface area contributed by atoms with Gasteiger partial charge in [-0.25, -0.2) is 0 Å². The fourth-order valence-corrected chi connectivity index (χ4v) is 2.32. The molecule has 1 aromatic rings. The summed E-state index contributed by atoms with van der Waals surface area (Å²) in [5.41, 5.74) is 1.89. The largest absolute Gasteiger partial charge is 0.381 e. The first kappa shape index (κ1) is 14.0. The molecule has 104 valence electrons. The monoisotopic (exact) mass is 262 g/mol. The van der Waals surface area contributed by atoms with Crippen molar-refractivity contribution in [2.24, 2.45) is 0 Å². The molecule has 0 atom stereocenters. The van der Waals surface area contributed by atoms with Crippen LogP contribution in [0.15, 0.2) is 24.3 Å². The van der Waals surface area contributed by atoms with Crippen LogP contribution >= 0.6 is 0 Å². The Morgan fingerprint density at radius 1 is 1.32 bits per heavy atom. The van der Waals surface area contributed by atoms with E-state index in [-0.39, 0.29) is 11.9 Å². The van der Waals surface area contributed by atoms with Crippen LogP contribution in [0.5, 0.6) is 0 Å². The number of carbonyl (C=O) groups is 1. The molecule has 1 aliphatic heterocycles. The minimum atomic E-state index is 0.0404. The van der Waals surface area contributed by atoms with E-state index >= 15 is 0 Å². The van der Waals surface area contributed by atoms with Crippen LogP contribution in [0, 0.1) is 0 Å². The third-order valence-corrected chi connectivity index (χ3v) is 3.46. The molecule has 0 spiro atoms. The summed E-state index contributed by atoms with van der Waals surface area (Å²) in [6, 6.07) is 8.08. The molecule has 0 bridgehead atoms. The van der Waals surface area contributed by atoms with Crippen molar-refractivity contribution in [2.45, 2.75) is 25.3 Å². The van der Waals surface area contributed by atoms with Crippen molar-refractivity contribution in [1.82, 2.24) is 10.6 Å². The first-order valence-electron chi connectivity index (χ1n) is 6.92. The second-order valence-corrected chi connectivity index (χ2v) is 4.87. The number of rotatable bonds is 5. The van der Waals surface area contributed by atoms with Gasteiger partial charge in [0, 0.05) is 24.8 Å². The molecule has 0 aliphatic carbocycles. The van der Waals surface area contributed by atoms with E-state index in [9.17, 15) is 4.79 Å². The summed E-state index contributed by atoms with van der Waals surface area (Å²) in [6.07, 6.45) is 2.68. The molecule has 1 amide bonds. The summed E-state index contributed by atoms with van der Waals surface area (Å²) in [4.78, 5) is 12.3. The van der Waals surface area contributed by atoms with Crippen molar-refractivity contribution in [3.05, 3.63) is 35.4 Å². The lowest BCUT2D eigenvalue weighted by Gasteiger charge is -2.23. The highest BCUT2D eigenvalue weighted by Crippen LogP contribution is 2.12. The van der Waals surface area contributed by atoms with Gasteiger partial charge in [0.2, 0.25) is 0 Å². The maximum atomic E-state index is 12.3. The molecule has 1 saturated heterocycles. The minimum absolute atomic E-state index is 0.0404. The van der Waals surface area contributed by atoms with E-state index < -0.39 is 0 Å². The molecule has 1 aliphatic rings. The van der Waals surface area contributed by atoms with E-state index in [1.807, 2.05) is 31.3 Å². The Morgan fingerprint density at radius 3 is 2.79 bits per heavy atom. The smallest absolute Gasteiger partial charge is 0.251 e. The Kier molecular flexibility index (Phi) is 5.36. The quantitative estimate of drug-likeness (QED) is 0.842. The fourth-order valence-electron chi connectivity index (χ4n) is 2.32. The first-order chi connectivity index (χ1) is 9.31. The Labute approximate surface area is 114 Å². The van der Waals surface area contributed by atoms with Gasteiger partial charge in [-0.3, -0.25) is 4.79 Å². The predicted octanol–water partition coefficient (Wildman–Crippen LogP) is 1.36. The predicted molar refractivity (Wildman–Crippen MR) is 75.4 cm³/mol. The van der Waals surface area contributed by atoms with Crippen LogP contribution in [0.2, 0.25) is 0 Å². The fraction of sp³-hybridized carbons (Fsp3) is 0.533. The molecule has 2 N–H and O–H groups in total. The van der Waals surface area contributed by atoms with Gasteiger partial charge in [0.25, 0.3) is 5.91 Å². The van der Waals surface area contributed by atoms with Crippen molar-refractivity contribution in [1.29, 1.82) is 0 Å². The number of benzene rings is 1. The van der Waals surface area contributed by atoms with Gasteiger partial charge in [-0.2, -0.15) is 0 Å². The van der Waals surface area contributed by atoms with Crippen molar-refractivity contribution in [3.63, 3.8) is 0 Å². The molecule has 4 heteroatoms. The summed E-state index contributed by atoms with van der Waals surface area (Å²) >= 11 is 0. The summed E-state index contributed by atoms with van der Waals surface area (Å²) < 4.78 is 5.30. The second-order valence-electron chi connectivity index (χ2n) is 4.87. The van der Waals surface area contributed by atoms with Crippen molar-refractivity contribution >= 4 is 5.91 Å². The SMILES string of the molecule is CNCCc1ccccc1C(=O)NC1CCOCC1. The summed E-state index contributed by atoms with van der Waals surface area (Å²) in [5, 5.41) is 6.23. The van der Waals surface area contributed by atoms with Gasteiger partial charge in [0.15, 0.2) is 0 Å². The molecular formula is C15H22N2O2. The first-order valence-corrected chi connectivity index (χ1v) is 6.92. The molecule has 1 aromatic carbocycles. The minimum Gasteiger partial charge on any atom is -0.381 e. The third-order valence-electron chi connectivity index (χ3n) is 3.46. The highest BCUT2D eigenvalue weighted by molar-refractivity contribution is 5.95. The molecule has 0 radical (unpaired) electrons. The van der Waals surface area contributed by atoms with Crippen LogP contribution in [0.3, 0.4) is 0 Å². The van der Waals surface area contributed by atoms with Crippen molar-refractivity contribution < 1.29 is 9.53 Å². The zero-order chi connectivity index (χ0) is 13.5. The number of hydrogen-bond acceptors (Lipinski definition) is 3. The zero-order valence-electron chi connectivity index (χ0n) is 11.4. The van der Waals surface area contributed by atoms with Crippen LogP contribution < -0.4 is 10.6 Å². The zero-order valence-corrected chi connectivity index (χ0v) is 11.4. The number of likely N-dealkylation sites (N-methyl/N-ethyl adjacent to an activating group) is 1. The van der Waals surface area contributed by atoms with Gasteiger partial charge < -0.3 is 15.4 Å².